The Labute approximate surface area is 134 Å². The molecule has 5 nitrogen and oxygen atoms in total. The summed E-state index contributed by atoms with van der Waals surface area (Å²) in [5, 5.41) is 4.34. The molecule has 1 amide bonds. The summed E-state index contributed by atoms with van der Waals surface area (Å²) >= 11 is 0. The summed E-state index contributed by atoms with van der Waals surface area (Å²) in [6.45, 7) is 5.35. The number of ether oxygens (including phenoxy) is 1. The number of aryl methyl sites for hydroxylation is 2. The maximum absolute atomic E-state index is 13.4. The van der Waals surface area contributed by atoms with Crippen LogP contribution in [0.1, 0.15) is 23.0 Å². The fourth-order valence-electron chi connectivity index (χ4n) is 2.82. The molecule has 1 unspecified atom stereocenters. The van der Waals surface area contributed by atoms with Crippen molar-refractivity contribution in [2.24, 2.45) is 7.05 Å². The quantitative estimate of drug-likeness (QED) is 0.854. The van der Waals surface area contributed by atoms with E-state index < -0.39 is 0 Å². The molecule has 1 aliphatic rings. The Morgan fingerprint density at radius 3 is 2.87 bits per heavy atom. The van der Waals surface area contributed by atoms with Crippen molar-refractivity contribution in [3.05, 3.63) is 41.3 Å². The highest BCUT2D eigenvalue weighted by atomic mass is 19.1. The Bertz CT molecular complexity index is 741. The molecular formula is C17H20FN3O2. The van der Waals surface area contributed by atoms with Gasteiger partial charge in [0.25, 0.3) is 5.91 Å². The van der Waals surface area contributed by atoms with Gasteiger partial charge in [-0.15, -0.1) is 0 Å². The van der Waals surface area contributed by atoms with E-state index in [2.05, 4.69) is 5.10 Å². The van der Waals surface area contributed by atoms with Crippen LogP contribution < -0.4 is 0 Å². The summed E-state index contributed by atoms with van der Waals surface area (Å²) in [7, 11) is 1.79. The van der Waals surface area contributed by atoms with Crippen molar-refractivity contribution in [1.29, 1.82) is 0 Å². The van der Waals surface area contributed by atoms with Gasteiger partial charge in [-0.1, -0.05) is 0 Å². The lowest BCUT2D eigenvalue weighted by Gasteiger charge is -2.32. The monoisotopic (exact) mass is 317 g/mol. The molecule has 0 aliphatic carbocycles. The minimum absolute atomic E-state index is 0.0368. The van der Waals surface area contributed by atoms with E-state index in [1.807, 2.05) is 6.92 Å². The van der Waals surface area contributed by atoms with Crippen LogP contribution in [0.25, 0.3) is 11.3 Å². The van der Waals surface area contributed by atoms with Crippen LogP contribution in [0, 0.1) is 12.7 Å². The molecule has 0 saturated carbocycles. The summed E-state index contributed by atoms with van der Waals surface area (Å²) < 4.78 is 20.5. The lowest BCUT2D eigenvalue weighted by molar-refractivity contribution is 0.00323. The van der Waals surface area contributed by atoms with Crippen LogP contribution in [0.2, 0.25) is 0 Å². The number of nitrogens with zero attached hydrogens (tertiary/aromatic N) is 3. The van der Waals surface area contributed by atoms with E-state index in [9.17, 15) is 9.18 Å². The second kappa shape index (κ2) is 6.12. The molecule has 23 heavy (non-hydrogen) atoms. The van der Waals surface area contributed by atoms with Gasteiger partial charge in [0, 0.05) is 19.2 Å². The highest BCUT2D eigenvalue weighted by Crippen LogP contribution is 2.23. The Morgan fingerprint density at radius 2 is 2.17 bits per heavy atom. The number of rotatable bonds is 2. The summed E-state index contributed by atoms with van der Waals surface area (Å²) in [4.78, 5) is 14.4. The first-order chi connectivity index (χ1) is 11.0. The molecule has 1 fully saturated rings. The number of morpholine rings is 1. The van der Waals surface area contributed by atoms with Gasteiger partial charge in [-0.3, -0.25) is 9.48 Å². The summed E-state index contributed by atoms with van der Waals surface area (Å²) in [5.74, 6) is -0.337. The molecule has 6 heteroatoms. The van der Waals surface area contributed by atoms with Crippen molar-refractivity contribution in [3.63, 3.8) is 0 Å². The first kappa shape index (κ1) is 15.7. The third kappa shape index (κ3) is 2.99. The Hall–Kier alpha value is -2.21. The van der Waals surface area contributed by atoms with Crippen molar-refractivity contribution in [1.82, 2.24) is 14.7 Å². The highest BCUT2D eigenvalue weighted by Gasteiger charge is 2.27. The first-order valence-corrected chi connectivity index (χ1v) is 7.66. The van der Waals surface area contributed by atoms with Gasteiger partial charge in [0.1, 0.15) is 5.82 Å². The van der Waals surface area contributed by atoms with E-state index >= 15 is 0 Å². The van der Waals surface area contributed by atoms with E-state index in [0.29, 0.717) is 31.0 Å². The zero-order chi connectivity index (χ0) is 16.6. The van der Waals surface area contributed by atoms with Gasteiger partial charge in [0.05, 0.1) is 24.9 Å². The molecule has 3 rings (SSSR count). The number of halogens is 1. The number of aromatic nitrogens is 2. The third-order valence-corrected chi connectivity index (χ3v) is 4.18. The largest absolute Gasteiger partial charge is 0.377 e. The molecule has 0 bridgehead atoms. The van der Waals surface area contributed by atoms with Crippen molar-refractivity contribution in [2.75, 3.05) is 19.8 Å². The average Bonchev–Trinajstić information content (AvgIpc) is 2.92. The van der Waals surface area contributed by atoms with Crippen LogP contribution in [0.3, 0.4) is 0 Å². The molecule has 0 N–H and O–H groups in total. The van der Waals surface area contributed by atoms with Crippen LogP contribution in [-0.2, 0) is 11.8 Å². The second-order valence-electron chi connectivity index (χ2n) is 5.92. The Balaban J connectivity index is 1.91. The molecule has 1 atom stereocenters. The smallest absolute Gasteiger partial charge is 0.274 e. The lowest BCUT2D eigenvalue weighted by atomic mass is 10.1. The third-order valence-electron chi connectivity index (χ3n) is 4.18. The molecule has 1 saturated heterocycles. The molecule has 1 aromatic carbocycles. The number of hydrogen-bond acceptors (Lipinski definition) is 3. The Kier molecular flexibility index (Phi) is 4.17. The van der Waals surface area contributed by atoms with Crippen LogP contribution in [0.4, 0.5) is 4.39 Å². The zero-order valence-electron chi connectivity index (χ0n) is 13.5. The van der Waals surface area contributed by atoms with Crippen LogP contribution in [-0.4, -0.2) is 46.4 Å². The molecular weight excluding hydrogens is 297 g/mol. The van der Waals surface area contributed by atoms with Gasteiger partial charge in [-0.05, 0) is 43.7 Å². The average molecular weight is 317 g/mol. The van der Waals surface area contributed by atoms with E-state index in [0.717, 1.165) is 11.3 Å². The summed E-state index contributed by atoms with van der Waals surface area (Å²) in [5.41, 5.74) is 2.60. The van der Waals surface area contributed by atoms with E-state index in [-0.39, 0.29) is 17.8 Å². The minimum atomic E-state index is -0.241. The minimum Gasteiger partial charge on any atom is -0.377 e. The second-order valence-corrected chi connectivity index (χ2v) is 5.92. The topological polar surface area (TPSA) is 47.4 Å². The van der Waals surface area contributed by atoms with Crippen molar-refractivity contribution >= 4 is 5.91 Å². The fourth-order valence-corrected chi connectivity index (χ4v) is 2.82. The van der Waals surface area contributed by atoms with Crippen LogP contribution in [0.15, 0.2) is 24.3 Å². The normalized spacial score (nSPS) is 18.3. The molecule has 1 aromatic heterocycles. The molecule has 2 heterocycles. The molecule has 1 aliphatic heterocycles. The van der Waals surface area contributed by atoms with Gasteiger partial charge >= 0.3 is 0 Å². The summed E-state index contributed by atoms with van der Waals surface area (Å²) in [6, 6.07) is 6.69. The standard InChI is InChI=1S/C17H20FN3O2/c1-11-8-13(4-5-14(11)18)16-9-15(19-20(16)3)17(22)21-6-7-23-10-12(21)2/h4-5,8-9,12H,6-7,10H2,1-3H3. The van der Waals surface area contributed by atoms with E-state index in [1.165, 1.54) is 6.07 Å². The SMILES string of the molecule is Cc1cc(-c2cc(C(=O)N3CCOCC3C)nn2C)ccc1F. The lowest BCUT2D eigenvalue weighted by Crippen LogP contribution is -2.47. The maximum atomic E-state index is 13.4. The number of hydrogen-bond donors (Lipinski definition) is 0. The van der Waals surface area contributed by atoms with E-state index in [1.54, 1.807) is 41.8 Å². The maximum Gasteiger partial charge on any atom is 0.274 e. The van der Waals surface area contributed by atoms with Gasteiger partial charge in [-0.2, -0.15) is 5.10 Å². The van der Waals surface area contributed by atoms with Crippen molar-refractivity contribution in [2.45, 2.75) is 19.9 Å². The van der Waals surface area contributed by atoms with Crippen molar-refractivity contribution in [3.8, 4) is 11.3 Å². The van der Waals surface area contributed by atoms with Gasteiger partial charge in [-0.25, -0.2) is 4.39 Å². The van der Waals surface area contributed by atoms with Crippen molar-refractivity contribution < 1.29 is 13.9 Å². The fraction of sp³-hybridized carbons (Fsp3) is 0.412. The van der Waals surface area contributed by atoms with E-state index in [4.69, 9.17) is 4.74 Å². The van der Waals surface area contributed by atoms with Gasteiger partial charge in [0.2, 0.25) is 0 Å². The Morgan fingerprint density at radius 1 is 1.39 bits per heavy atom. The summed E-state index contributed by atoms with van der Waals surface area (Å²) in [6.07, 6.45) is 0. The number of carbonyl (C=O) groups excluding carboxylic acids is 1. The number of amides is 1. The first-order valence-electron chi connectivity index (χ1n) is 7.66. The highest BCUT2D eigenvalue weighted by molar-refractivity contribution is 5.93. The number of carbonyl (C=O) groups is 1. The molecule has 2 aromatic rings. The molecule has 0 radical (unpaired) electrons. The van der Waals surface area contributed by atoms with Gasteiger partial charge < -0.3 is 9.64 Å². The number of benzene rings is 1. The predicted octanol–water partition coefficient (Wildman–Crippen LogP) is 2.40. The predicted molar refractivity (Wildman–Crippen MR) is 84.7 cm³/mol. The zero-order valence-corrected chi connectivity index (χ0v) is 13.5. The molecule has 0 spiro atoms. The molecule has 122 valence electrons. The van der Waals surface area contributed by atoms with Crippen LogP contribution >= 0.6 is 0 Å². The van der Waals surface area contributed by atoms with Gasteiger partial charge in [0.15, 0.2) is 5.69 Å². The van der Waals surface area contributed by atoms with Crippen LogP contribution in [0.5, 0.6) is 0 Å².